The molecule has 0 aliphatic carbocycles. The minimum absolute atomic E-state index is 0.257. The van der Waals surface area contributed by atoms with Gasteiger partial charge >= 0.3 is 5.97 Å². The molecular formula is C21H17BrFNO5S2. The fraction of sp³-hybridized carbons (Fsp3) is 0.190. The normalized spacial score (nSPS) is 14.8. The Balaban J connectivity index is 1.86. The minimum Gasteiger partial charge on any atom is -0.493 e. The zero-order chi connectivity index (χ0) is 22.5. The van der Waals surface area contributed by atoms with E-state index in [1.54, 1.807) is 31.2 Å². The summed E-state index contributed by atoms with van der Waals surface area (Å²) in [6.07, 6.45) is 1.65. The molecule has 0 N–H and O–H groups in total. The van der Waals surface area contributed by atoms with Crippen molar-refractivity contribution in [2.45, 2.75) is 6.92 Å². The standard InChI is InChI=1S/C21H17BrFNO5S2/c1-3-28-18(25)11-29-19-15(22)7-12(8-16(19)27-2)9-17-20(26)24(21(30)31-17)14-6-4-5-13(23)10-14/h4-10H,3,11H2,1-2H3/b17-9+. The first-order chi connectivity index (χ1) is 14.8. The van der Waals surface area contributed by atoms with Crippen molar-refractivity contribution in [3.05, 3.63) is 57.2 Å². The maximum atomic E-state index is 13.6. The fourth-order valence-electron chi connectivity index (χ4n) is 2.75. The lowest BCUT2D eigenvalue weighted by Crippen LogP contribution is -2.27. The van der Waals surface area contributed by atoms with Crippen LogP contribution < -0.4 is 14.4 Å². The molecule has 0 aromatic heterocycles. The van der Waals surface area contributed by atoms with Gasteiger partial charge in [-0.05, 0) is 64.8 Å². The molecule has 0 atom stereocenters. The van der Waals surface area contributed by atoms with E-state index in [0.29, 0.717) is 36.4 Å². The maximum absolute atomic E-state index is 13.6. The zero-order valence-corrected chi connectivity index (χ0v) is 19.7. The molecule has 6 nitrogen and oxygen atoms in total. The SMILES string of the molecule is CCOC(=O)COc1c(Br)cc(/C=C2/SC(=S)N(c3cccc(F)c3)C2=O)cc1OC. The van der Waals surface area contributed by atoms with Crippen LogP contribution in [0.1, 0.15) is 12.5 Å². The van der Waals surface area contributed by atoms with Crippen LogP contribution in [0.2, 0.25) is 0 Å². The Hall–Kier alpha value is -2.43. The number of hydrogen-bond donors (Lipinski definition) is 0. The topological polar surface area (TPSA) is 65.1 Å². The third-order valence-corrected chi connectivity index (χ3v) is 5.94. The lowest BCUT2D eigenvalue weighted by Gasteiger charge is -2.14. The first-order valence-corrected chi connectivity index (χ1v) is 11.0. The largest absolute Gasteiger partial charge is 0.493 e. The van der Waals surface area contributed by atoms with Gasteiger partial charge < -0.3 is 14.2 Å². The second kappa shape index (κ2) is 10.3. The van der Waals surface area contributed by atoms with Gasteiger partial charge in [-0.15, -0.1) is 0 Å². The molecule has 0 radical (unpaired) electrons. The van der Waals surface area contributed by atoms with Crippen LogP contribution in [0.15, 0.2) is 45.8 Å². The number of carbonyl (C=O) groups is 2. The number of ether oxygens (including phenoxy) is 3. The van der Waals surface area contributed by atoms with Crippen LogP contribution in [-0.2, 0) is 14.3 Å². The van der Waals surface area contributed by atoms with Crippen LogP contribution in [0.3, 0.4) is 0 Å². The highest BCUT2D eigenvalue weighted by molar-refractivity contribution is 9.10. The number of thiocarbonyl (C=S) groups is 1. The van der Waals surface area contributed by atoms with Crippen LogP contribution in [0.5, 0.6) is 11.5 Å². The molecule has 0 saturated carbocycles. The lowest BCUT2D eigenvalue weighted by molar-refractivity contribution is -0.145. The van der Waals surface area contributed by atoms with Gasteiger partial charge in [0.2, 0.25) is 0 Å². The van der Waals surface area contributed by atoms with E-state index in [1.165, 1.54) is 30.2 Å². The van der Waals surface area contributed by atoms with Gasteiger partial charge in [-0.25, -0.2) is 9.18 Å². The summed E-state index contributed by atoms with van der Waals surface area (Å²) in [6, 6.07) is 9.07. The summed E-state index contributed by atoms with van der Waals surface area (Å²) >= 11 is 9.84. The van der Waals surface area contributed by atoms with Crippen molar-refractivity contribution in [1.29, 1.82) is 0 Å². The third-order valence-electron chi connectivity index (χ3n) is 4.05. The Morgan fingerprint density at radius 1 is 1.32 bits per heavy atom. The Labute approximate surface area is 196 Å². The number of methoxy groups -OCH3 is 1. The van der Waals surface area contributed by atoms with Crippen molar-refractivity contribution in [2.24, 2.45) is 0 Å². The van der Waals surface area contributed by atoms with Gasteiger partial charge in [-0.1, -0.05) is 30.0 Å². The van der Waals surface area contributed by atoms with E-state index in [0.717, 1.165) is 11.8 Å². The number of benzene rings is 2. The van der Waals surface area contributed by atoms with Crippen molar-refractivity contribution in [2.75, 3.05) is 25.2 Å². The molecule has 1 saturated heterocycles. The molecule has 0 spiro atoms. The van der Waals surface area contributed by atoms with Crippen molar-refractivity contribution in [1.82, 2.24) is 0 Å². The number of nitrogens with zero attached hydrogens (tertiary/aromatic N) is 1. The Morgan fingerprint density at radius 3 is 2.77 bits per heavy atom. The summed E-state index contributed by atoms with van der Waals surface area (Å²) in [5.74, 6) is -0.604. The number of amides is 1. The maximum Gasteiger partial charge on any atom is 0.344 e. The minimum atomic E-state index is -0.499. The van der Waals surface area contributed by atoms with Gasteiger partial charge in [-0.2, -0.15) is 0 Å². The predicted molar refractivity (Wildman–Crippen MR) is 125 cm³/mol. The Bertz CT molecular complexity index is 1080. The summed E-state index contributed by atoms with van der Waals surface area (Å²) in [5, 5.41) is 0. The zero-order valence-electron chi connectivity index (χ0n) is 16.5. The highest BCUT2D eigenvalue weighted by atomic mass is 79.9. The summed E-state index contributed by atoms with van der Waals surface area (Å²) in [5.41, 5.74) is 1.01. The molecule has 0 unspecified atom stereocenters. The third kappa shape index (κ3) is 5.44. The predicted octanol–water partition coefficient (Wildman–Crippen LogP) is 4.94. The van der Waals surface area contributed by atoms with Crippen LogP contribution >= 0.6 is 39.9 Å². The average Bonchev–Trinajstić information content (AvgIpc) is 3.00. The van der Waals surface area contributed by atoms with Gasteiger partial charge in [0.25, 0.3) is 5.91 Å². The molecular weight excluding hydrogens is 509 g/mol. The van der Waals surface area contributed by atoms with Crippen LogP contribution in [-0.4, -0.2) is 36.5 Å². The lowest BCUT2D eigenvalue weighted by atomic mass is 10.1. The van der Waals surface area contributed by atoms with Gasteiger partial charge in [0, 0.05) is 0 Å². The summed E-state index contributed by atoms with van der Waals surface area (Å²) in [6.45, 7) is 1.70. The number of halogens is 2. The van der Waals surface area contributed by atoms with E-state index >= 15 is 0 Å². The first kappa shape index (κ1) is 23.2. The second-order valence-electron chi connectivity index (χ2n) is 6.12. The number of rotatable bonds is 7. The van der Waals surface area contributed by atoms with Crippen LogP contribution in [0.4, 0.5) is 10.1 Å². The van der Waals surface area contributed by atoms with E-state index in [-0.39, 0.29) is 19.1 Å². The molecule has 3 rings (SSSR count). The smallest absolute Gasteiger partial charge is 0.344 e. The average molecular weight is 526 g/mol. The van der Waals surface area contributed by atoms with E-state index in [9.17, 15) is 14.0 Å². The number of esters is 1. The van der Waals surface area contributed by atoms with E-state index in [4.69, 9.17) is 26.4 Å². The number of hydrogen-bond acceptors (Lipinski definition) is 7. The highest BCUT2D eigenvalue weighted by Crippen LogP contribution is 2.40. The summed E-state index contributed by atoms with van der Waals surface area (Å²) in [4.78, 5) is 26.1. The van der Waals surface area contributed by atoms with E-state index in [1.807, 2.05) is 0 Å². The molecule has 1 heterocycles. The summed E-state index contributed by atoms with van der Waals surface area (Å²) in [7, 11) is 1.46. The summed E-state index contributed by atoms with van der Waals surface area (Å²) < 4.78 is 30.2. The monoisotopic (exact) mass is 525 g/mol. The quantitative estimate of drug-likeness (QED) is 0.288. The van der Waals surface area contributed by atoms with E-state index in [2.05, 4.69) is 15.9 Å². The molecule has 0 bridgehead atoms. The van der Waals surface area contributed by atoms with E-state index < -0.39 is 11.8 Å². The molecule has 31 heavy (non-hydrogen) atoms. The molecule has 162 valence electrons. The van der Waals surface area contributed by atoms with Crippen molar-refractivity contribution in [3.63, 3.8) is 0 Å². The number of carbonyl (C=O) groups excluding carboxylic acids is 2. The van der Waals surface area contributed by atoms with Gasteiger partial charge in [0.15, 0.2) is 22.4 Å². The molecule has 1 aliphatic heterocycles. The Kier molecular flexibility index (Phi) is 7.69. The Morgan fingerprint density at radius 2 is 2.10 bits per heavy atom. The fourth-order valence-corrected chi connectivity index (χ4v) is 4.63. The van der Waals surface area contributed by atoms with Crippen LogP contribution in [0, 0.1) is 5.82 Å². The molecule has 1 aliphatic rings. The van der Waals surface area contributed by atoms with Crippen molar-refractivity contribution in [3.8, 4) is 11.5 Å². The second-order valence-corrected chi connectivity index (χ2v) is 8.65. The molecule has 1 fully saturated rings. The highest BCUT2D eigenvalue weighted by Gasteiger charge is 2.33. The number of thioether (sulfide) groups is 1. The van der Waals surface area contributed by atoms with Gasteiger partial charge in [0.05, 0.1) is 28.8 Å². The van der Waals surface area contributed by atoms with Crippen molar-refractivity contribution >= 4 is 67.9 Å². The van der Waals surface area contributed by atoms with Gasteiger partial charge in [-0.3, -0.25) is 9.69 Å². The molecule has 10 heteroatoms. The molecule has 2 aromatic rings. The van der Waals surface area contributed by atoms with Crippen molar-refractivity contribution < 1.29 is 28.2 Å². The molecule has 1 amide bonds. The molecule has 2 aromatic carbocycles. The number of anilines is 1. The van der Waals surface area contributed by atoms with Crippen LogP contribution in [0.25, 0.3) is 6.08 Å². The first-order valence-electron chi connectivity index (χ1n) is 9.03. The van der Waals surface area contributed by atoms with Gasteiger partial charge in [0.1, 0.15) is 5.82 Å².